The second-order valence-corrected chi connectivity index (χ2v) is 8.00. The Morgan fingerprint density at radius 3 is 2.40 bits per heavy atom. The summed E-state index contributed by atoms with van der Waals surface area (Å²) >= 11 is 4.81. The topological polar surface area (TPSA) is 74.6 Å². The zero-order valence-electron chi connectivity index (χ0n) is 16.8. The lowest BCUT2D eigenvalue weighted by Gasteiger charge is -2.14. The van der Waals surface area contributed by atoms with Crippen LogP contribution in [0.5, 0.6) is 17.2 Å². The molecular formula is C21H22BrN3O4S. The maximum absolute atomic E-state index is 12.4. The number of amides is 1. The van der Waals surface area contributed by atoms with Crippen molar-refractivity contribution in [3.63, 3.8) is 0 Å². The molecule has 1 amide bonds. The molecule has 0 atom stereocenters. The number of ether oxygens (including phenoxy) is 3. The highest BCUT2D eigenvalue weighted by Gasteiger charge is 2.14. The van der Waals surface area contributed by atoms with Gasteiger partial charge in [0.15, 0.2) is 16.7 Å². The van der Waals surface area contributed by atoms with Crippen molar-refractivity contribution in [1.82, 2.24) is 14.9 Å². The third-order valence-electron chi connectivity index (χ3n) is 4.31. The minimum atomic E-state index is -0.109. The molecule has 3 rings (SSSR count). The summed E-state index contributed by atoms with van der Waals surface area (Å²) < 4.78 is 19.0. The van der Waals surface area contributed by atoms with Gasteiger partial charge >= 0.3 is 0 Å². The first-order valence-corrected chi connectivity index (χ1v) is 10.8. The van der Waals surface area contributed by atoms with Gasteiger partial charge in [-0.25, -0.2) is 4.98 Å². The van der Waals surface area contributed by atoms with Crippen LogP contribution in [0.3, 0.4) is 0 Å². The molecule has 0 aliphatic rings. The van der Waals surface area contributed by atoms with Gasteiger partial charge in [0.2, 0.25) is 5.91 Å². The monoisotopic (exact) mass is 491 g/mol. The number of hydrogen-bond acceptors (Lipinski definition) is 6. The number of thioether (sulfide) groups is 1. The second kappa shape index (κ2) is 10.4. The Kier molecular flexibility index (Phi) is 7.64. The quantitative estimate of drug-likeness (QED) is 0.454. The van der Waals surface area contributed by atoms with E-state index in [1.165, 1.54) is 11.8 Å². The van der Waals surface area contributed by atoms with Crippen LogP contribution in [0, 0.1) is 0 Å². The van der Waals surface area contributed by atoms with Crippen LogP contribution in [0.1, 0.15) is 5.56 Å². The van der Waals surface area contributed by atoms with Gasteiger partial charge in [-0.3, -0.25) is 9.36 Å². The van der Waals surface area contributed by atoms with Gasteiger partial charge < -0.3 is 19.5 Å². The molecule has 0 aliphatic heterocycles. The molecule has 0 spiro atoms. The predicted octanol–water partition coefficient (Wildman–Crippen LogP) is 4.07. The van der Waals surface area contributed by atoms with Crippen molar-refractivity contribution >= 4 is 33.6 Å². The normalized spacial score (nSPS) is 10.5. The number of methoxy groups -OCH3 is 3. The number of carbonyl (C=O) groups is 1. The van der Waals surface area contributed by atoms with Crippen LogP contribution < -0.4 is 19.5 Å². The van der Waals surface area contributed by atoms with Gasteiger partial charge in [-0.1, -0.05) is 27.7 Å². The highest BCUT2D eigenvalue weighted by atomic mass is 79.9. The molecule has 7 nitrogen and oxygen atoms in total. The minimum absolute atomic E-state index is 0.109. The summed E-state index contributed by atoms with van der Waals surface area (Å²) in [7, 11) is 4.70. The van der Waals surface area contributed by atoms with E-state index in [1.807, 2.05) is 35.0 Å². The zero-order chi connectivity index (χ0) is 21.5. The summed E-state index contributed by atoms with van der Waals surface area (Å²) in [6, 6.07) is 11.4. The highest BCUT2D eigenvalue weighted by molar-refractivity contribution is 9.10. The molecule has 9 heteroatoms. The largest absolute Gasteiger partial charge is 0.496 e. The van der Waals surface area contributed by atoms with E-state index in [1.54, 1.807) is 39.7 Å². The van der Waals surface area contributed by atoms with E-state index < -0.39 is 0 Å². The molecule has 1 N–H and O–H groups in total. The molecule has 1 aromatic heterocycles. The first kappa shape index (κ1) is 22.0. The average Bonchev–Trinajstić information content (AvgIpc) is 3.24. The molecule has 0 saturated heterocycles. The predicted molar refractivity (Wildman–Crippen MR) is 120 cm³/mol. The van der Waals surface area contributed by atoms with Crippen LogP contribution in [0.15, 0.2) is 58.4 Å². The molecule has 0 radical (unpaired) electrons. The third kappa shape index (κ3) is 5.28. The summed E-state index contributed by atoms with van der Waals surface area (Å²) in [5.41, 5.74) is 1.78. The number of nitrogens with zero attached hydrogens (tertiary/aromatic N) is 2. The van der Waals surface area contributed by atoms with Crippen LogP contribution in [-0.4, -0.2) is 42.5 Å². The lowest BCUT2D eigenvalue weighted by molar-refractivity contribution is -0.118. The fourth-order valence-electron chi connectivity index (χ4n) is 2.80. The van der Waals surface area contributed by atoms with Crippen molar-refractivity contribution in [3.05, 3.63) is 58.8 Å². The second-order valence-electron chi connectivity index (χ2n) is 6.14. The molecule has 0 saturated carbocycles. The Bertz CT molecular complexity index is 1010. The van der Waals surface area contributed by atoms with Gasteiger partial charge in [-0.15, -0.1) is 0 Å². The number of rotatable bonds is 9. The van der Waals surface area contributed by atoms with Gasteiger partial charge in [-0.2, -0.15) is 0 Å². The van der Waals surface area contributed by atoms with E-state index >= 15 is 0 Å². The number of hydrogen-bond donors (Lipinski definition) is 1. The standard InChI is InChI=1S/C21H22BrN3O4S/c1-27-17-11-19(29-3)18(28-2)10-14(17)12-24-20(26)13-30-21-23-8-9-25(21)16-6-4-15(22)5-7-16/h4-11H,12-13H2,1-3H3,(H,24,26). The zero-order valence-corrected chi connectivity index (χ0v) is 19.2. The van der Waals surface area contributed by atoms with Crippen molar-refractivity contribution in [2.75, 3.05) is 27.1 Å². The van der Waals surface area contributed by atoms with E-state index in [2.05, 4.69) is 26.2 Å². The van der Waals surface area contributed by atoms with E-state index in [9.17, 15) is 4.79 Å². The van der Waals surface area contributed by atoms with Gasteiger partial charge in [0.25, 0.3) is 0 Å². The molecule has 0 unspecified atom stereocenters. The first-order chi connectivity index (χ1) is 14.5. The molecule has 0 aliphatic carbocycles. The van der Waals surface area contributed by atoms with Crippen molar-refractivity contribution < 1.29 is 19.0 Å². The number of halogens is 1. The maximum atomic E-state index is 12.4. The first-order valence-electron chi connectivity index (χ1n) is 9.03. The Morgan fingerprint density at radius 1 is 1.07 bits per heavy atom. The number of carbonyl (C=O) groups excluding carboxylic acids is 1. The summed E-state index contributed by atoms with van der Waals surface area (Å²) in [4.78, 5) is 16.8. The highest BCUT2D eigenvalue weighted by Crippen LogP contribution is 2.34. The third-order valence-corrected chi connectivity index (χ3v) is 5.80. The lowest BCUT2D eigenvalue weighted by atomic mass is 10.1. The minimum Gasteiger partial charge on any atom is -0.496 e. The van der Waals surface area contributed by atoms with E-state index in [0.29, 0.717) is 23.8 Å². The number of nitrogens with one attached hydrogen (secondary N) is 1. The Labute approximate surface area is 187 Å². The van der Waals surface area contributed by atoms with Gasteiger partial charge in [0, 0.05) is 40.7 Å². The summed E-state index contributed by atoms with van der Waals surface area (Å²) in [6.45, 7) is 0.310. The molecule has 30 heavy (non-hydrogen) atoms. The molecule has 1 heterocycles. The molecule has 2 aromatic carbocycles. The van der Waals surface area contributed by atoms with E-state index in [4.69, 9.17) is 14.2 Å². The Balaban J connectivity index is 1.61. The van der Waals surface area contributed by atoms with Gasteiger partial charge in [0.05, 0.1) is 27.1 Å². The molecule has 158 valence electrons. The van der Waals surface area contributed by atoms with Crippen molar-refractivity contribution in [3.8, 4) is 22.9 Å². The molecule has 0 bridgehead atoms. The van der Waals surface area contributed by atoms with Crippen molar-refractivity contribution in [2.45, 2.75) is 11.7 Å². The SMILES string of the molecule is COc1cc(OC)c(OC)cc1CNC(=O)CSc1nccn1-c1ccc(Br)cc1. The smallest absolute Gasteiger partial charge is 0.230 e. The number of benzene rings is 2. The molecule has 3 aromatic rings. The Hall–Kier alpha value is -2.65. The summed E-state index contributed by atoms with van der Waals surface area (Å²) in [6.07, 6.45) is 3.59. The van der Waals surface area contributed by atoms with Gasteiger partial charge in [0.1, 0.15) is 5.75 Å². The fraction of sp³-hybridized carbons (Fsp3) is 0.238. The number of imidazole rings is 1. The number of aromatic nitrogens is 2. The van der Waals surface area contributed by atoms with Crippen LogP contribution >= 0.6 is 27.7 Å². The summed E-state index contributed by atoms with van der Waals surface area (Å²) in [5.74, 6) is 1.89. The fourth-order valence-corrected chi connectivity index (χ4v) is 3.87. The lowest BCUT2D eigenvalue weighted by Crippen LogP contribution is -2.25. The maximum Gasteiger partial charge on any atom is 0.230 e. The molecule has 0 fully saturated rings. The van der Waals surface area contributed by atoms with E-state index in [-0.39, 0.29) is 11.7 Å². The van der Waals surface area contributed by atoms with Crippen LogP contribution in [0.2, 0.25) is 0 Å². The average molecular weight is 492 g/mol. The van der Waals surface area contributed by atoms with E-state index in [0.717, 1.165) is 20.9 Å². The van der Waals surface area contributed by atoms with Gasteiger partial charge in [-0.05, 0) is 30.3 Å². The van der Waals surface area contributed by atoms with Crippen LogP contribution in [0.25, 0.3) is 5.69 Å². The van der Waals surface area contributed by atoms with Crippen molar-refractivity contribution in [1.29, 1.82) is 0 Å². The summed E-state index contributed by atoms with van der Waals surface area (Å²) in [5, 5.41) is 3.66. The Morgan fingerprint density at radius 2 is 1.73 bits per heavy atom. The molecular weight excluding hydrogens is 470 g/mol. The van der Waals surface area contributed by atoms with Crippen molar-refractivity contribution in [2.24, 2.45) is 0 Å². The van der Waals surface area contributed by atoms with Crippen LogP contribution in [0.4, 0.5) is 0 Å². The van der Waals surface area contributed by atoms with Crippen LogP contribution in [-0.2, 0) is 11.3 Å².